The molecule has 2 heterocycles. The fraction of sp³-hybridized carbons (Fsp3) is 0.167. The second-order valence-corrected chi connectivity index (χ2v) is 3.23. The summed E-state index contributed by atoms with van der Waals surface area (Å²) in [6.45, 7) is 1.87. The Morgan fingerprint density at radius 2 is 2.50 bits per heavy atom. The van der Waals surface area contributed by atoms with Crippen molar-refractivity contribution in [3.63, 3.8) is 0 Å². The van der Waals surface area contributed by atoms with E-state index in [9.17, 15) is 4.79 Å². The fourth-order valence-electron chi connectivity index (χ4n) is 0.801. The summed E-state index contributed by atoms with van der Waals surface area (Å²) in [5, 5.41) is 8.51. The van der Waals surface area contributed by atoms with Crippen LogP contribution in [0.3, 0.4) is 0 Å². The van der Waals surface area contributed by atoms with Gasteiger partial charge in [0.05, 0.1) is 5.01 Å². The molecule has 0 spiro atoms. The molecular formula is C6H5N3O2S. The molecule has 0 radical (unpaired) electrons. The van der Waals surface area contributed by atoms with Crippen LogP contribution in [0.15, 0.2) is 14.6 Å². The van der Waals surface area contributed by atoms with Crippen LogP contribution in [0.25, 0.3) is 11.6 Å². The average molecular weight is 183 g/mol. The van der Waals surface area contributed by atoms with Crippen molar-refractivity contribution in [3.05, 3.63) is 20.9 Å². The molecule has 0 aliphatic carbocycles. The second kappa shape index (κ2) is 2.56. The Labute approximate surface area is 71.1 Å². The molecule has 62 valence electrons. The summed E-state index contributed by atoms with van der Waals surface area (Å²) in [6.07, 6.45) is 0. The van der Waals surface area contributed by atoms with E-state index < -0.39 is 5.76 Å². The first-order valence-corrected chi connectivity index (χ1v) is 4.11. The third kappa shape index (κ3) is 1.16. The van der Waals surface area contributed by atoms with Crippen LogP contribution in [0, 0.1) is 6.92 Å². The van der Waals surface area contributed by atoms with Crippen LogP contribution >= 0.6 is 11.3 Å². The highest BCUT2D eigenvalue weighted by Crippen LogP contribution is 2.17. The zero-order chi connectivity index (χ0) is 8.55. The number of hydrogen-bond donors (Lipinski definition) is 1. The molecule has 12 heavy (non-hydrogen) atoms. The third-order valence-electron chi connectivity index (χ3n) is 1.28. The molecule has 2 rings (SSSR count). The van der Waals surface area contributed by atoms with Gasteiger partial charge in [0, 0.05) is 5.38 Å². The molecule has 0 aromatic carbocycles. The van der Waals surface area contributed by atoms with Gasteiger partial charge in [-0.05, 0) is 6.92 Å². The molecule has 0 bridgehead atoms. The summed E-state index contributed by atoms with van der Waals surface area (Å²) in [7, 11) is 0. The van der Waals surface area contributed by atoms with Crippen LogP contribution in [0.4, 0.5) is 0 Å². The molecule has 2 aromatic rings. The van der Waals surface area contributed by atoms with E-state index in [4.69, 9.17) is 4.42 Å². The number of thiazole rings is 1. The first-order chi connectivity index (χ1) is 5.75. The standard InChI is InChI=1S/C6H5N3O2S/c1-3-7-4(2-12-3)5-8-9-6(10)11-5/h2H,1H3,(H,9,10). The van der Waals surface area contributed by atoms with E-state index in [0.29, 0.717) is 5.69 Å². The van der Waals surface area contributed by atoms with Gasteiger partial charge in [-0.2, -0.15) is 0 Å². The van der Waals surface area contributed by atoms with Gasteiger partial charge in [0.1, 0.15) is 5.69 Å². The monoisotopic (exact) mass is 183 g/mol. The van der Waals surface area contributed by atoms with Gasteiger partial charge in [-0.1, -0.05) is 0 Å². The first kappa shape index (κ1) is 7.23. The first-order valence-electron chi connectivity index (χ1n) is 3.24. The predicted molar refractivity (Wildman–Crippen MR) is 43.0 cm³/mol. The van der Waals surface area contributed by atoms with E-state index in [2.05, 4.69) is 15.2 Å². The van der Waals surface area contributed by atoms with Crippen LogP contribution in [-0.2, 0) is 0 Å². The van der Waals surface area contributed by atoms with Gasteiger partial charge in [-0.25, -0.2) is 14.9 Å². The largest absolute Gasteiger partial charge is 0.434 e. The summed E-state index contributed by atoms with van der Waals surface area (Å²) in [4.78, 5) is 14.7. The number of nitrogens with one attached hydrogen (secondary N) is 1. The van der Waals surface area contributed by atoms with Crippen molar-refractivity contribution < 1.29 is 4.42 Å². The number of hydrogen-bond acceptors (Lipinski definition) is 5. The smallest absolute Gasteiger partial charge is 0.386 e. The maximum Gasteiger partial charge on any atom is 0.434 e. The lowest BCUT2D eigenvalue weighted by atomic mass is 10.5. The highest BCUT2D eigenvalue weighted by Gasteiger charge is 2.07. The van der Waals surface area contributed by atoms with E-state index in [1.54, 1.807) is 5.38 Å². The van der Waals surface area contributed by atoms with Crippen molar-refractivity contribution in [1.82, 2.24) is 15.2 Å². The maximum atomic E-state index is 10.6. The molecule has 0 unspecified atom stereocenters. The molecule has 0 fully saturated rings. The predicted octanol–water partition coefficient (Wildman–Crippen LogP) is 0.795. The lowest BCUT2D eigenvalue weighted by Crippen LogP contribution is -1.93. The van der Waals surface area contributed by atoms with Crippen LogP contribution in [0.1, 0.15) is 5.01 Å². The maximum absolute atomic E-state index is 10.6. The molecular weight excluding hydrogens is 178 g/mol. The summed E-state index contributed by atoms with van der Waals surface area (Å²) < 4.78 is 4.70. The van der Waals surface area contributed by atoms with Crippen molar-refractivity contribution in [1.29, 1.82) is 0 Å². The molecule has 0 saturated heterocycles. The Morgan fingerprint density at radius 3 is 3.00 bits per heavy atom. The van der Waals surface area contributed by atoms with E-state index in [1.807, 2.05) is 6.92 Å². The quantitative estimate of drug-likeness (QED) is 0.709. The van der Waals surface area contributed by atoms with Gasteiger partial charge >= 0.3 is 5.76 Å². The van der Waals surface area contributed by atoms with Crippen LogP contribution in [-0.4, -0.2) is 15.2 Å². The highest BCUT2D eigenvalue weighted by atomic mass is 32.1. The molecule has 1 N–H and O–H groups in total. The highest BCUT2D eigenvalue weighted by molar-refractivity contribution is 7.09. The number of rotatable bonds is 1. The third-order valence-corrected chi connectivity index (χ3v) is 2.05. The SMILES string of the molecule is Cc1nc(-c2n[nH]c(=O)o2)cs1. The van der Waals surface area contributed by atoms with Gasteiger partial charge in [0.25, 0.3) is 5.89 Å². The molecule has 0 aliphatic heterocycles. The average Bonchev–Trinajstić information content (AvgIpc) is 2.58. The lowest BCUT2D eigenvalue weighted by molar-refractivity contribution is 0.525. The Bertz CT molecular complexity index is 441. The zero-order valence-electron chi connectivity index (χ0n) is 6.20. The summed E-state index contributed by atoms with van der Waals surface area (Å²) in [5.41, 5.74) is 0.593. The summed E-state index contributed by atoms with van der Waals surface area (Å²) in [5.74, 6) is -0.319. The molecule has 0 saturated carbocycles. The van der Waals surface area contributed by atoms with Gasteiger partial charge in [-0.3, -0.25) is 0 Å². The normalized spacial score (nSPS) is 10.4. The Balaban J connectivity index is 2.50. The summed E-state index contributed by atoms with van der Waals surface area (Å²) in [6, 6.07) is 0. The second-order valence-electron chi connectivity index (χ2n) is 2.17. The minimum atomic E-state index is -0.560. The molecule has 0 atom stereocenters. The van der Waals surface area contributed by atoms with E-state index in [0.717, 1.165) is 5.01 Å². The molecule has 0 amide bonds. The lowest BCUT2D eigenvalue weighted by Gasteiger charge is -1.81. The van der Waals surface area contributed by atoms with Gasteiger partial charge in [-0.15, -0.1) is 16.4 Å². The van der Waals surface area contributed by atoms with Gasteiger partial charge < -0.3 is 4.42 Å². The van der Waals surface area contributed by atoms with Crippen molar-refractivity contribution in [2.75, 3.05) is 0 Å². The molecule has 2 aromatic heterocycles. The Kier molecular flexibility index (Phi) is 1.54. The van der Waals surface area contributed by atoms with E-state index in [1.165, 1.54) is 11.3 Å². The number of nitrogens with zero attached hydrogens (tertiary/aromatic N) is 2. The number of H-pyrrole nitrogens is 1. The number of aromatic nitrogens is 3. The molecule has 6 heteroatoms. The topological polar surface area (TPSA) is 71.8 Å². The zero-order valence-corrected chi connectivity index (χ0v) is 7.01. The molecule has 0 aliphatic rings. The van der Waals surface area contributed by atoms with Gasteiger partial charge in [0.2, 0.25) is 0 Å². The number of aryl methyl sites for hydroxylation is 1. The minimum Gasteiger partial charge on any atom is -0.386 e. The van der Waals surface area contributed by atoms with Crippen molar-refractivity contribution in [2.45, 2.75) is 6.92 Å². The van der Waals surface area contributed by atoms with Crippen LogP contribution < -0.4 is 5.76 Å². The minimum absolute atomic E-state index is 0.240. The fourth-order valence-corrected chi connectivity index (χ4v) is 1.39. The Hall–Kier alpha value is -1.43. The molecule has 5 nitrogen and oxygen atoms in total. The van der Waals surface area contributed by atoms with Crippen LogP contribution in [0.2, 0.25) is 0 Å². The van der Waals surface area contributed by atoms with E-state index >= 15 is 0 Å². The van der Waals surface area contributed by atoms with Crippen molar-refractivity contribution in [3.8, 4) is 11.6 Å². The van der Waals surface area contributed by atoms with Gasteiger partial charge in [0.15, 0.2) is 0 Å². The van der Waals surface area contributed by atoms with Crippen molar-refractivity contribution in [2.24, 2.45) is 0 Å². The number of aromatic amines is 1. The Morgan fingerprint density at radius 1 is 1.67 bits per heavy atom. The van der Waals surface area contributed by atoms with E-state index in [-0.39, 0.29) is 5.89 Å². The van der Waals surface area contributed by atoms with Crippen molar-refractivity contribution >= 4 is 11.3 Å². The van der Waals surface area contributed by atoms with Crippen LogP contribution in [0.5, 0.6) is 0 Å². The summed E-state index contributed by atoms with van der Waals surface area (Å²) >= 11 is 1.48.